The monoisotopic (exact) mass is 235 g/mol. The Morgan fingerprint density at radius 3 is 2.18 bits per heavy atom. The van der Waals surface area contributed by atoms with E-state index in [-0.39, 0.29) is 23.7 Å². The molecule has 92 valence electrons. The van der Waals surface area contributed by atoms with Crippen molar-refractivity contribution < 1.29 is 14.5 Å². The normalized spacial score (nSPS) is 38.6. The molecule has 1 saturated carbocycles. The van der Waals surface area contributed by atoms with Gasteiger partial charge in [-0.1, -0.05) is 12.2 Å². The number of fused-ring (bicyclic) bond motifs is 5. The van der Waals surface area contributed by atoms with Crippen molar-refractivity contribution in [3.8, 4) is 0 Å². The molecule has 1 saturated heterocycles. The van der Waals surface area contributed by atoms with Gasteiger partial charge in [-0.25, -0.2) is 0 Å². The van der Waals surface area contributed by atoms with Crippen molar-refractivity contribution in [2.24, 2.45) is 23.7 Å². The summed E-state index contributed by atoms with van der Waals surface area (Å²) in [4.78, 5) is 27.3. The van der Waals surface area contributed by atoms with Crippen LogP contribution in [0.25, 0.3) is 0 Å². The van der Waals surface area contributed by atoms with Gasteiger partial charge >= 0.3 is 0 Å². The summed E-state index contributed by atoms with van der Waals surface area (Å²) < 4.78 is 0. The van der Waals surface area contributed by atoms with Crippen LogP contribution in [0, 0.1) is 23.7 Å². The Labute approximate surface area is 101 Å². The maximum atomic E-state index is 12.3. The molecule has 0 radical (unpaired) electrons. The Bertz CT molecular complexity index is 372. The first kappa shape index (κ1) is 11.0. The van der Waals surface area contributed by atoms with E-state index in [9.17, 15) is 9.59 Å². The number of rotatable bonds is 3. The van der Waals surface area contributed by atoms with Crippen molar-refractivity contribution >= 4 is 11.8 Å². The fraction of sp³-hybridized carbons (Fsp3) is 0.692. The summed E-state index contributed by atoms with van der Waals surface area (Å²) in [5, 5.41) is 0. The molecule has 4 nitrogen and oxygen atoms in total. The number of carbonyl (C=O) groups is 2. The van der Waals surface area contributed by atoms with Crippen LogP contribution in [0.1, 0.15) is 6.42 Å². The summed E-state index contributed by atoms with van der Waals surface area (Å²) in [6.45, 7) is 1.41. The number of hydrogen-bond donors (Lipinski definition) is 1. The second-order valence-corrected chi connectivity index (χ2v) is 5.79. The Morgan fingerprint density at radius 1 is 1.18 bits per heavy atom. The number of carbonyl (C=O) groups excluding carboxylic acids is 2. The van der Waals surface area contributed by atoms with E-state index in [4.69, 9.17) is 0 Å². The molecule has 0 spiro atoms. The number of nitrogens with one attached hydrogen (secondary N) is 1. The van der Waals surface area contributed by atoms with Crippen molar-refractivity contribution in [1.82, 2.24) is 4.90 Å². The average Bonchev–Trinajstić information content (AvgIpc) is 2.92. The molecule has 2 fully saturated rings. The number of likely N-dealkylation sites (N-methyl/N-ethyl adjacent to an activating group) is 1. The second-order valence-electron chi connectivity index (χ2n) is 5.79. The number of hydrogen-bond acceptors (Lipinski definition) is 2. The molecular weight excluding hydrogens is 216 g/mol. The molecule has 1 N–H and O–H groups in total. The largest absolute Gasteiger partial charge is 0.338 e. The molecule has 1 aliphatic heterocycles. The highest BCUT2D eigenvalue weighted by molar-refractivity contribution is 6.06. The first-order valence-electron chi connectivity index (χ1n) is 6.42. The van der Waals surface area contributed by atoms with Crippen LogP contribution in [-0.2, 0) is 9.59 Å². The number of allylic oxidation sites excluding steroid dienone is 2. The van der Waals surface area contributed by atoms with E-state index >= 15 is 0 Å². The van der Waals surface area contributed by atoms with E-state index in [2.05, 4.69) is 12.2 Å². The summed E-state index contributed by atoms with van der Waals surface area (Å²) >= 11 is 0. The van der Waals surface area contributed by atoms with Gasteiger partial charge in [0, 0.05) is 0 Å². The zero-order valence-corrected chi connectivity index (χ0v) is 10.3. The Hall–Kier alpha value is -1.16. The first-order chi connectivity index (χ1) is 8.09. The smallest absolute Gasteiger partial charge is 0.233 e. The molecular formula is C13H19N2O2+. The van der Waals surface area contributed by atoms with Gasteiger partial charge in [-0.15, -0.1) is 0 Å². The molecule has 0 aromatic heterocycles. The Kier molecular flexibility index (Phi) is 2.36. The second kappa shape index (κ2) is 3.67. The van der Waals surface area contributed by atoms with E-state index < -0.39 is 0 Å². The van der Waals surface area contributed by atoms with Crippen molar-refractivity contribution in [1.29, 1.82) is 0 Å². The molecule has 0 aromatic rings. The third-order valence-corrected chi connectivity index (χ3v) is 4.40. The maximum absolute atomic E-state index is 12.3. The van der Waals surface area contributed by atoms with Gasteiger partial charge in [0.25, 0.3) is 0 Å². The molecule has 3 aliphatic rings. The van der Waals surface area contributed by atoms with Gasteiger partial charge in [-0.05, 0) is 18.3 Å². The molecule has 4 heteroatoms. The van der Waals surface area contributed by atoms with Gasteiger partial charge < -0.3 is 4.90 Å². The lowest BCUT2D eigenvalue weighted by Crippen LogP contribution is -3.06. The maximum Gasteiger partial charge on any atom is 0.233 e. The average molecular weight is 235 g/mol. The zero-order valence-electron chi connectivity index (χ0n) is 10.3. The van der Waals surface area contributed by atoms with Crippen LogP contribution in [0.3, 0.4) is 0 Å². The molecule has 0 aromatic carbocycles. The predicted molar refractivity (Wildman–Crippen MR) is 62.1 cm³/mol. The minimum absolute atomic E-state index is 0.0327. The number of amides is 2. The lowest BCUT2D eigenvalue weighted by Gasteiger charge is -2.17. The van der Waals surface area contributed by atoms with E-state index in [1.54, 1.807) is 0 Å². The van der Waals surface area contributed by atoms with E-state index in [0.29, 0.717) is 18.4 Å². The Morgan fingerprint density at radius 2 is 1.71 bits per heavy atom. The van der Waals surface area contributed by atoms with Gasteiger partial charge in [0.2, 0.25) is 11.8 Å². The van der Waals surface area contributed by atoms with Crippen LogP contribution in [0.5, 0.6) is 0 Å². The summed E-state index contributed by atoms with van der Waals surface area (Å²) in [5.41, 5.74) is 0. The SMILES string of the molecule is C[NH+](C)CCN1C(=O)[C@@H]2[C@H](C1=O)[C@H]1C=C[C@@H]2C1. The number of imide groups is 1. The summed E-state index contributed by atoms with van der Waals surface area (Å²) in [7, 11) is 4.08. The van der Waals surface area contributed by atoms with Crippen LogP contribution >= 0.6 is 0 Å². The van der Waals surface area contributed by atoms with Crippen molar-refractivity contribution in [2.45, 2.75) is 6.42 Å². The third-order valence-electron chi connectivity index (χ3n) is 4.40. The minimum atomic E-state index is -0.0327. The van der Waals surface area contributed by atoms with Gasteiger partial charge in [-0.2, -0.15) is 0 Å². The lowest BCUT2D eigenvalue weighted by molar-refractivity contribution is -0.857. The highest BCUT2D eigenvalue weighted by Gasteiger charge is 2.59. The molecule has 2 aliphatic carbocycles. The topological polar surface area (TPSA) is 41.8 Å². The van der Waals surface area contributed by atoms with Gasteiger partial charge in [-0.3, -0.25) is 14.5 Å². The fourth-order valence-electron chi connectivity index (χ4n) is 3.52. The van der Waals surface area contributed by atoms with Crippen LogP contribution in [-0.4, -0.2) is 43.9 Å². The number of likely N-dealkylation sites (tertiary alicyclic amines) is 1. The highest BCUT2D eigenvalue weighted by atomic mass is 16.2. The fourth-order valence-corrected chi connectivity index (χ4v) is 3.52. The van der Waals surface area contributed by atoms with Gasteiger partial charge in [0.05, 0.1) is 39.0 Å². The van der Waals surface area contributed by atoms with E-state index in [1.165, 1.54) is 9.80 Å². The standard InChI is InChI=1S/C13H18N2O2/c1-14(2)5-6-15-12(16)10-8-3-4-9(7-8)11(10)13(15)17/h3-4,8-11H,5-7H2,1-2H3/p+1/t8-,9+,10+,11-. The van der Waals surface area contributed by atoms with Crippen molar-refractivity contribution in [3.05, 3.63) is 12.2 Å². The summed E-state index contributed by atoms with van der Waals surface area (Å²) in [6.07, 6.45) is 5.29. The predicted octanol–water partition coefficient (Wildman–Crippen LogP) is -1.06. The minimum Gasteiger partial charge on any atom is -0.338 e. The van der Waals surface area contributed by atoms with Crippen LogP contribution in [0.4, 0.5) is 0 Å². The lowest BCUT2D eigenvalue weighted by atomic mass is 9.85. The van der Waals surface area contributed by atoms with E-state index in [1.807, 2.05) is 14.1 Å². The molecule has 1 heterocycles. The molecule has 2 bridgehead atoms. The first-order valence-corrected chi connectivity index (χ1v) is 6.42. The quantitative estimate of drug-likeness (QED) is 0.500. The Balaban J connectivity index is 1.78. The summed E-state index contributed by atoms with van der Waals surface area (Å²) in [6, 6.07) is 0. The third kappa shape index (κ3) is 1.47. The molecule has 4 atom stereocenters. The van der Waals surface area contributed by atoms with Crippen LogP contribution in [0.2, 0.25) is 0 Å². The van der Waals surface area contributed by atoms with Gasteiger partial charge in [0.15, 0.2) is 0 Å². The van der Waals surface area contributed by atoms with E-state index in [0.717, 1.165) is 13.0 Å². The van der Waals surface area contributed by atoms with Crippen molar-refractivity contribution in [2.75, 3.05) is 27.2 Å². The molecule has 17 heavy (non-hydrogen) atoms. The van der Waals surface area contributed by atoms with Crippen LogP contribution < -0.4 is 4.90 Å². The van der Waals surface area contributed by atoms with Crippen LogP contribution in [0.15, 0.2) is 12.2 Å². The van der Waals surface area contributed by atoms with Crippen molar-refractivity contribution in [3.63, 3.8) is 0 Å². The summed E-state index contributed by atoms with van der Waals surface area (Å²) in [5.74, 6) is 0.761. The molecule has 3 rings (SSSR count). The highest BCUT2D eigenvalue weighted by Crippen LogP contribution is 2.52. The zero-order chi connectivity index (χ0) is 12.2. The number of quaternary nitrogens is 1. The molecule has 0 unspecified atom stereocenters. The van der Waals surface area contributed by atoms with Gasteiger partial charge in [0.1, 0.15) is 0 Å². The number of nitrogens with zero attached hydrogens (tertiary/aromatic N) is 1. The molecule has 2 amide bonds.